The fraction of sp³-hybridized carbons (Fsp3) is 0.200. The number of halogens is 4. The van der Waals surface area contributed by atoms with Crippen LogP contribution in [0.25, 0.3) is 0 Å². The lowest BCUT2D eigenvalue weighted by molar-refractivity contribution is -0.139. The molecule has 136 valence electrons. The van der Waals surface area contributed by atoms with E-state index in [1.807, 2.05) is 0 Å². The molecule has 2 aromatic rings. The van der Waals surface area contributed by atoms with Gasteiger partial charge in [0.1, 0.15) is 16.4 Å². The summed E-state index contributed by atoms with van der Waals surface area (Å²) in [6, 6.07) is 6.13. The van der Waals surface area contributed by atoms with Crippen molar-refractivity contribution in [3.05, 3.63) is 47.8 Å². The van der Waals surface area contributed by atoms with E-state index in [1.54, 1.807) is 4.72 Å². The van der Waals surface area contributed by atoms with Gasteiger partial charge in [-0.15, -0.1) is 0 Å². The lowest BCUT2D eigenvalue weighted by atomic mass is 10.2. The average molecular weight is 379 g/mol. The first-order valence-electron chi connectivity index (χ1n) is 6.70. The third kappa shape index (κ3) is 3.95. The van der Waals surface area contributed by atoms with Crippen LogP contribution in [0, 0.1) is 5.82 Å². The molecule has 5 nitrogen and oxygen atoms in total. The smallest absolute Gasteiger partial charge is 0.419 e. The van der Waals surface area contributed by atoms with Gasteiger partial charge in [0.2, 0.25) is 0 Å². The summed E-state index contributed by atoms with van der Waals surface area (Å²) in [5.74, 6) is -1.63. The molecule has 0 amide bonds. The molecule has 0 aliphatic heterocycles. The Kier molecular flexibility index (Phi) is 5.12. The average Bonchev–Trinajstić information content (AvgIpc) is 2.54. The number of hydrogen-bond donors (Lipinski definition) is 1. The minimum atomic E-state index is -4.96. The van der Waals surface area contributed by atoms with Gasteiger partial charge in [0.15, 0.2) is 5.82 Å². The first kappa shape index (κ1) is 18.8. The normalized spacial score (nSPS) is 11.9. The molecule has 0 saturated carbocycles. The third-order valence-corrected chi connectivity index (χ3v) is 4.60. The van der Waals surface area contributed by atoms with Gasteiger partial charge < -0.3 is 9.47 Å². The summed E-state index contributed by atoms with van der Waals surface area (Å²) in [7, 11) is -1.92. The maximum absolute atomic E-state index is 14.0. The van der Waals surface area contributed by atoms with Crippen LogP contribution in [0.15, 0.2) is 41.3 Å². The molecule has 2 rings (SSSR count). The van der Waals surface area contributed by atoms with Crippen molar-refractivity contribution in [2.75, 3.05) is 18.9 Å². The summed E-state index contributed by atoms with van der Waals surface area (Å²) in [4.78, 5) is -0.411. The van der Waals surface area contributed by atoms with Crippen LogP contribution in [0.3, 0.4) is 0 Å². The van der Waals surface area contributed by atoms with Gasteiger partial charge in [-0.3, -0.25) is 4.72 Å². The number of rotatable bonds is 5. The Balaban J connectivity index is 2.51. The summed E-state index contributed by atoms with van der Waals surface area (Å²) in [5.41, 5.74) is -2.41. The summed E-state index contributed by atoms with van der Waals surface area (Å²) >= 11 is 0. The molecule has 10 heteroatoms. The number of sulfonamides is 1. The summed E-state index contributed by atoms with van der Waals surface area (Å²) in [5, 5.41) is 0. The molecule has 0 aliphatic rings. The lowest BCUT2D eigenvalue weighted by Gasteiger charge is -2.15. The van der Waals surface area contributed by atoms with Gasteiger partial charge >= 0.3 is 6.18 Å². The van der Waals surface area contributed by atoms with Gasteiger partial charge in [-0.2, -0.15) is 13.2 Å². The van der Waals surface area contributed by atoms with Crippen molar-refractivity contribution in [1.82, 2.24) is 0 Å². The first-order valence-corrected chi connectivity index (χ1v) is 8.19. The Labute approximate surface area is 141 Å². The minimum Gasteiger partial charge on any atom is -0.497 e. The van der Waals surface area contributed by atoms with E-state index in [9.17, 15) is 26.0 Å². The topological polar surface area (TPSA) is 64.6 Å². The van der Waals surface area contributed by atoms with Gasteiger partial charge in [0.05, 0.1) is 25.5 Å². The molecule has 0 radical (unpaired) electrons. The third-order valence-electron chi connectivity index (χ3n) is 3.21. The number of anilines is 1. The molecule has 0 heterocycles. The minimum absolute atomic E-state index is 0.0827. The molecule has 0 aromatic heterocycles. The van der Waals surface area contributed by atoms with Gasteiger partial charge in [-0.1, -0.05) is 6.07 Å². The van der Waals surface area contributed by atoms with Crippen molar-refractivity contribution in [3.63, 3.8) is 0 Å². The molecule has 0 aliphatic carbocycles. The zero-order valence-corrected chi connectivity index (χ0v) is 13.8. The highest BCUT2D eigenvalue weighted by Gasteiger charge is 2.35. The second kappa shape index (κ2) is 6.79. The van der Waals surface area contributed by atoms with E-state index < -0.39 is 38.2 Å². The highest BCUT2D eigenvalue weighted by Crippen LogP contribution is 2.35. The molecule has 25 heavy (non-hydrogen) atoms. The summed E-state index contributed by atoms with van der Waals surface area (Å²) < 4.78 is 88.9. The van der Waals surface area contributed by atoms with E-state index in [0.29, 0.717) is 6.07 Å². The Hall–Kier alpha value is -2.49. The number of methoxy groups -OCH3 is 2. The maximum atomic E-state index is 14.0. The van der Waals surface area contributed by atoms with Crippen LogP contribution in [-0.4, -0.2) is 22.6 Å². The number of hydrogen-bond acceptors (Lipinski definition) is 4. The SMILES string of the molecule is COc1ccc(OC)c(S(=O)(=O)Nc2cccc(C(F)(F)F)c2F)c1. The fourth-order valence-corrected chi connectivity index (χ4v) is 3.27. The van der Waals surface area contributed by atoms with Crippen LogP contribution >= 0.6 is 0 Å². The molecule has 1 N–H and O–H groups in total. The summed E-state index contributed by atoms with van der Waals surface area (Å²) in [6.45, 7) is 0. The zero-order valence-electron chi connectivity index (χ0n) is 13.0. The van der Waals surface area contributed by atoms with Crippen molar-refractivity contribution < 1.29 is 35.5 Å². The van der Waals surface area contributed by atoms with E-state index >= 15 is 0 Å². The highest BCUT2D eigenvalue weighted by molar-refractivity contribution is 7.92. The lowest BCUT2D eigenvalue weighted by Crippen LogP contribution is -2.17. The van der Waals surface area contributed by atoms with E-state index in [-0.39, 0.29) is 11.5 Å². The van der Waals surface area contributed by atoms with Crippen molar-refractivity contribution in [1.29, 1.82) is 0 Å². The van der Waals surface area contributed by atoms with Crippen LogP contribution in [-0.2, 0) is 16.2 Å². The van der Waals surface area contributed by atoms with Crippen molar-refractivity contribution in [2.24, 2.45) is 0 Å². The molecular weight excluding hydrogens is 366 g/mol. The number of nitrogens with one attached hydrogen (secondary N) is 1. The van der Waals surface area contributed by atoms with Crippen LogP contribution in [0.5, 0.6) is 11.5 Å². The van der Waals surface area contributed by atoms with Crippen LogP contribution < -0.4 is 14.2 Å². The first-order chi connectivity index (χ1) is 11.6. The molecule has 0 fully saturated rings. The Morgan fingerprint density at radius 3 is 2.28 bits per heavy atom. The van der Waals surface area contributed by atoms with Gasteiger partial charge in [-0.05, 0) is 24.3 Å². The molecule has 0 spiro atoms. The standard InChI is InChI=1S/C15H13F4NO4S/c1-23-9-6-7-12(24-2)13(8-9)25(21,22)20-11-5-3-4-10(14(11)16)15(17,18)19/h3-8,20H,1-2H3. The quantitative estimate of drug-likeness (QED) is 0.806. The predicted molar refractivity (Wildman–Crippen MR) is 81.8 cm³/mol. The number of ether oxygens (including phenoxy) is 2. The van der Waals surface area contributed by atoms with Crippen LogP contribution in [0.4, 0.5) is 23.2 Å². The fourth-order valence-electron chi connectivity index (χ4n) is 2.02. The van der Waals surface area contributed by atoms with Gasteiger partial charge in [0, 0.05) is 6.07 Å². The number of alkyl halides is 3. The predicted octanol–water partition coefficient (Wildman–Crippen LogP) is 3.66. The second-order valence-corrected chi connectivity index (χ2v) is 6.44. The molecule has 0 unspecified atom stereocenters. The molecule has 2 aromatic carbocycles. The van der Waals surface area contributed by atoms with Crippen molar-refractivity contribution in [2.45, 2.75) is 11.1 Å². The van der Waals surface area contributed by atoms with Crippen LogP contribution in [0.1, 0.15) is 5.56 Å². The monoisotopic (exact) mass is 379 g/mol. The number of benzene rings is 2. The Morgan fingerprint density at radius 1 is 1.04 bits per heavy atom. The van der Waals surface area contributed by atoms with E-state index in [4.69, 9.17) is 9.47 Å². The van der Waals surface area contributed by atoms with E-state index in [0.717, 1.165) is 18.2 Å². The highest BCUT2D eigenvalue weighted by atomic mass is 32.2. The van der Waals surface area contributed by atoms with Gasteiger partial charge in [0.25, 0.3) is 10.0 Å². The van der Waals surface area contributed by atoms with E-state index in [2.05, 4.69) is 0 Å². The summed E-state index contributed by atoms with van der Waals surface area (Å²) in [6.07, 6.45) is -4.96. The Bertz CT molecular complexity index is 882. The van der Waals surface area contributed by atoms with Crippen molar-refractivity contribution in [3.8, 4) is 11.5 Å². The second-order valence-electron chi connectivity index (χ2n) is 4.79. The largest absolute Gasteiger partial charge is 0.497 e. The van der Waals surface area contributed by atoms with Gasteiger partial charge in [-0.25, -0.2) is 12.8 Å². The Morgan fingerprint density at radius 2 is 1.72 bits per heavy atom. The molecule has 0 saturated heterocycles. The maximum Gasteiger partial charge on any atom is 0.419 e. The molecule has 0 bridgehead atoms. The van der Waals surface area contributed by atoms with E-state index in [1.165, 1.54) is 26.4 Å². The zero-order chi connectivity index (χ0) is 18.8. The molecule has 0 atom stereocenters. The van der Waals surface area contributed by atoms with Crippen LogP contribution in [0.2, 0.25) is 0 Å². The molecular formula is C15H13F4NO4S. The van der Waals surface area contributed by atoms with Crippen molar-refractivity contribution >= 4 is 15.7 Å².